The lowest BCUT2D eigenvalue weighted by molar-refractivity contribution is -0.271. The molecule has 11 heteroatoms. The quantitative estimate of drug-likeness (QED) is 0.320. The smallest absolute Gasteiger partial charge is 0.335 e. The summed E-state index contributed by atoms with van der Waals surface area (Å²) in [6.45, 7) is 0. The Morgan fingerprint density at radius 1 is 0.938 bits per heavy atom. The van der Waals surface area contributed by atoms with Crippen molar-refractivity contribution < 1.29 is 49.3 Å². The van der Waals surface area contributed by atoms with Gasteiger partial charge in [-0.2, -0.15) is 0 Å². The highest BCUT2D eigenvalue weighted by atomic mass is 16.7. The van der Waals surface area contributed by atoms with Gasteiger partial charge < -0.3 is 44.5 Å². The van der Waals surface area contributed by atoms with Crippen LogP contribution in [0.2, 0.25) is 0 Å². The third kappa shape index (κ3) is 3.85. The molecule has 1 aromatic heterocycles. The van der Waals surface area contributed by atoms with E-state index in [9.17, 15) is 35.1 Å². The zero-order valence-electron chi connectivity index (χ0n) is 16.2. The molecule has 1 aliphatic rings. The number of aliphatic carboxylic acids is 1. The molecule has 0 amide bonds. The van der Waals surface area contributed by atoms with E-state index >= 15 is 0 Å². The van der Waals surface area contributed by atoms with Crippen LogP contribution < -0.4 is 10.2 Å². The van der Waals surface area contributed by atoms with Crippen LogP contribution in [0.1, 0.15) is 0 Å². The zero-order chi connectivity index (χ0) is 23.2. The van der Waals surface area contributed by atoms with Gasteiger partial charge >= 0.3 is 5.97 Å². The molecule has 0 saturated carbocycles. The molecule has 3 aromatic rings. The molecule has 1 fully saturated rings. The average molecular weight is 446 g/mol. The molecule has 0 bridgehead atoms. The fourth-order valence-corrected chi connectivity index (χ4v) is 3.38. The summed E-state index contributed by atoms with van der Waals surface area (Å²) in [6, 6.07) is 9.22. The maximum Gasteiger partial charge on any atom is 0.335 e. The predicted octanol–water partition coefficient (Wildman–Crippen LogP) is 0.142. The van der Waals surface area contributed by atoms with Crippen LogP contribution in [0, 0.1) is 0 Å². The molecule has 6 N–H and O–H groups in total. The van der Waals surface area contributed by atoms with Gasteiger partial charge in [0, 0.05) is 23.8 Å². The van der Waals surface area contributed by atoms with E-state index in [0.29, 0.717) is 5.56 Å². The molecule has 5 atom stereocenters. The van der Waals surface area contributed by atoms with E-state index in [1.807, 2.05) is 0 Å². The van der Waals surface area contributed by atoms with Crippen molar-refractivity contribution in [3.63, 3.8) is 0 Å². The van der Waals surface area contributed by atoms with Crippen molar-refractivity contribution in [1.29, 1.82) is 0 Å². The Bertz CT molecular complexity index is 1220. The summed E-state index contributed by atoms with van der Waals surface area (Å²) >= 11 is 0. The Morgan fingerprint density at radius 3 is 2.28 bits per heavy atom. The van der Waals surface area contributed by atoms with Crippen LogP contribution in [0.4, 0.5) is 0 Å². The number of carboxylic acids is 1. The first-order valence-corrected chi connectivity index (χ1v) is 9.35. The molecule has 0 unspecified atom stereocenters. The molecule has 11 nitrogen and oxygen atoms in total. The fourth-order valence-electron chi connectivity index (χ4n) is 3.38. The highest BCUT2D eigenvalue weighted by molar-refractivity contribution is 5.86. The molecule has 0 spiro atoms. The molecule has 32 heavy (non-hydrogen) atoms. The second-order valence-electron chi connectivity index (χ2n) is 7.19. The molecule has 4 rings (SSSR count). The lowest BCUT2D eigenvalue weighted by atomic mass is 9.99. The van der Waals surface area contributed by atoms with Crippen molar-refractivity contribution in [2.24, 2.45) is 0 Å². The lowest BCUT2D eigenvalue weighted by Crippen LogP contribution is -2.61. The largest absolute Gasteiger partial charge is 0.508 e. The van der Waals surface area contributed by atoms with E-state index in [0.717, 1.165) is 12.1 Å². The van der Waals surface area contributed by atoms with Crippen molar-refractivity contribution in [2.45, 2.75) is 30.7 Å². The van der Waals surface area contributed by atoms with Gasteiger partial charge in [0.05, 0.1) is 0 Å². The van der Waals surface area contributed by atoms with Gasteiger partial charge in [0.15, 0.2) is 11.5 Å². The number of aliphatic hydroxyl groups is 3. The van der Waals surface area contributed by atoms with Crippen LogP contribution in [0.15, 0.2) is 51.7 Å². The van der Waals surface area contributed by atoms with E-state index in [-0.39, 0.29) is 28.2 Å². The molecule has 2 heterocycles. The maximum absolute atomic E-state index is 12.4. The standard InChI is InChI=1S/C21H18O11/c22-9-5-11(23)15-12(24)7-13(31-14(15)6-9)8-1-3-10(4-2-8)30-21-18(27)16(25)17(26)19(32-21)20(28)29/h1-7,16-19,21-23,25-27H,(H,28,29)/t16-,17-,18+,19-,21+/m0/s1. The topological polar surface area (TPSA) is 187 Å². The number of ether oxygens (including phenoxy) is 2. The second kappa shape index (κ2) is 8.13. The number of fused-ring (bicyclic) bond motifs is 1. The molecule has 168 valence electrons. The zero-order valence-corrected chi connectivity index (χ0v) is 16.2. The summed E-state index contributed by atoms with van der Waals surface area (Å²) in [7, 11) is 0. The first kappa shape index (κ1) is 21.6. The van der Waals surface area contributed by atoms with E-state index in [2.05, 4.69) is 0 Å². The number of rotatable bonds is 4. The molecule has 2 aromatic carbocycles. The van der Waals surface area contributed by atoms with Gasteiger partial charge in [0.2, 0.25) is 6.29 Å². The molecule has 0 aliphatic carbocycles. The van der Waals surface area contributed by atoms with Gasteiger partial charge in [-0.05, 0) is 24.3 Å². The Labute approximate surface area is 178 Å². The third-order valence-electron chi connectivity index (χ3n) is 5.00. The number of benzene rings is 2. The van der Waals surface area contributed by atoms with E-state index < -0.39 is 47.9 Å². The highest BCUT2D eigenvalue weighted by Gasteiger charge is 2.48. The number of phenolic OH excluding ortho intramolecular Hbond substituents is 2. The first-order valence-electron chi connectivity index (χ1n) is 9.35. The van der Waals surface area contributed by atoms with E-state index in [1.165, 1.54) is 30.3 Å². The molecule has 1 aliphatic heterocycles. The number of carboxylic acid groups (broad SMARTS) is 1. The maximum atomic E-state index is 12.4. The lowest BCUT2D eigenvalue weighted by Gasteiger charge is -2.38. The Balaban J connectivity index is 1.59. The summed E-state index contributed by atoms with van der Waals surface area (Å²) in [4.78, 5) is 23.5. The molecule has 1 saturated heterocycles. The average Bonchev–Trinajstić information content (AvgIpc) is 2.73. The van der Waals surface area contributed by atoms with Gasteiger partial charge in [-0.1, -0.05) is 0 Å². The molecule has 0 radical (unpaired) electrons. The summed E-state index contributed by atoms with van der Waals surface area (Å²) in [5.74, 6) is -1.96. The Morgan fingerprint density at radius 2 is 1.62 bits per heavy atom. The Hall–Kier alpha value is -3.64. The minimum Gasteiger partial charge on any atom is -0.508 e. The third-order valence-corrected chi connectivity index (χ3v) is 5.00. The van der Waals surface area contributed by atoms with E-state index in [1.54, 1.807) is 0 Å². The second-order valence-corrected chi connectivity index (χ2v) is 7.19. The van der Waals surface area contributed by atoms with Crippen LogP contribution in [0.5, 0.6) is 17.2 Å². The molecular formula is C21H18O11. The van der Waals surface area contributed by atoms with Crippen LogP contribution in [-0.2, 0) is 9.53 Å². The van der Waals surface area contributed by atoms with Crippen molar-refractivity contribution in [3.8, 4) is 28.6 Å². The van der Waals surface area contributed by atoms with E-state index in [4.69, 9.17) is 19.0 Å². The van der Waals surface area contributed by atoms with Crippen molar-refractivity contribution >= 4 is 16.9 Å². The monoisotopic (exact) mass is 446 g/mol. The number of aromatic hydroxyl groups is 2. The van der Waals surface area contributed by atoms with Gasteiger partial charge in [-0.25, -0.2) is 4.79 Å². The number of carbonyl (C=O) groups is 1. The summed E-state index contributed by atoms with van der Waals surface area (Å²) in [5, 5.41) is 58.1. The van der Waals surface area contributed by atoms with Crippen molar-refractivity contribution in [2.75, 3.05) is 0 Å². The minimum absolute atomic E-state index is 0.0173. The highest BCUT2D eigenvalue weighted by Crippen LogP contribution is 2.31. The summed E-state index contributed by atoms with van der Waals surface area (Å²) in [5.41, 5.74) is -0.107. The summed E-state index contributed by atoms with van der Waals surface area (Å²) in [6.07, 6.45) is -8.70. The first-order chi connectivity index (χ1) is 15.2. The minimum atomic E-state index is -1.83. The van der Waals surface area contributed by atoms with Gasteiger partial charge in [0.25, 0.3) is 0 Å². The Kier molecular flexibility index (Phi) is 5.48. The van der Waals surface area contributed by atoms with Gasteiger partial charge in [0.1, 0.15) is 52.3 Å². The van der Waals surface area contributed by atoms with Crippen LogP contribution in [0.25, 0.3) is 22.3 Å². The predicted molar refractivity (Wildman–Crippen MR) is 106 cm³/mol. The van der Waals surface area contributed by atoms with Crippen molar-refractivity contribution in [1.82, 2.24) is 0 Å². The molecular weight excluding hydrogens is 428 g/mol. The van der Waals surface area contributed by atoms with Crippen molar-refractivity contribution in [3.05, 3.63) is 52.7 Å². The van der Waals surface area contributed by atoms with Crippen LogP contribution in [-0.4, -0.2) is 67.3 Å². The summed E-state index contributed by atoms with van der Waals surface area (Å²) < 4.78 is 16.1. The number of hydrogen-bond acceptors (Lipinski definition) is 10. The number of aliphatic hydroxyl groups excluding tert-OH is 3. The number of hydrogen-bond donors (Lipinski definition) is 6. The SMILES string of the molecule is O=C(O)[C@H]1O[C@@H](Oc2ccc(-c3cc(=O)c4c(O)cc(O)cc4o3)cc2)[C@H](O)[C@@H](O)[C@@H]1O. The normalized spacial score (nSPS) is 25.5. The van der Waals surface area contributed by atoms with Gasteiger partial charge in [-0.15, -0.1) is 0 Å². The van der Waals surface area contributed by atoms with Crippen LogP contribution >= 0.6 is 0 Å². The van der Waals surface area contributed by atoms with Gasteiger partial charge in [-0.3, -0.25) is 4.79 Å². The fraction of sp³-hybridized carbons (Fsp3) is 0.238. The van der Waals surface area contributed by atoms with Crippen LogP contribution in [0.3, 0.4) is 0 Å². The number of phenols is 2.